The normalized spacial score (nSPS) is 10.8. The van der Waals surface area contributed by atoms with Crippen LogP contribution in [0.3, 0.4) is 0 Å². The summed E-state index contributed by atoms with van der Waals surface area (Å²) in [5.74, 6) is -3.26. The maximum Gasteiger partial charge on any atom is 0.337 e. The molecule has 1 heterocycles. The lowest BCUT2D eigenvalue weighted by atomic mass is 10.0. The van der Waals surface area contributed by atoms with Crippen LogP contribution in [0.5, 0.6) is 0 Å². The van der Waals surface area contributed by atoms with Gasteiger partial charge in [0.05, 0.1) is 16.9 Å². The minimum absolute atomic E-state index is 0.0133. The number of aromatic carboxylic acids is 1. The van der Waals surface area contributed by atoms with Crippen LogP contribution < -0.4 is 10.6 Å². The molecule has 0 radical (unpaired) electrons. The largest absolute Gasteiger partial charge is 0.478 e. The molecule has 4 aromatic carbocycles. The summed E-state index contributed by atoms with van der Waals surface area (Å²) in [6, 6.07) is 23.9. The monoisotopic (exact) mass is 527 g/mol. The van der Waals surface area contributed by atoms with Crippen molar-refractivity contribution >= 4 is 51.7 Å². The van der Waals surface area contributed by atoms with Gasteiger partial charge in [-0.25, -0.2) is 9.18 Å². The third kappa shape index (κ3) is 4.85. The van der Waals surface area contributed by atoms with E-state index >= 15 is 0 Å². The van der Waals surface area contributed by atoms with E-state index in [1.165, 1.54) is 30.3 Å². The fourth-order valence-electron chi connectivity index (χ4n) is 4.15. The molecule has 0 spiro atoms. The Hall–Kier alpha value is -4.95. The van der Waals surface area contributed by atoms with Crippen molar-refractivity contribution in [1.29, 1.82) is 0 Å². The average molecular weight is 528 g/mol. The summed E-state index contributed by atoms with van der Waals surface area (Å²) in [6.07, 6.45) is 0. The first-order valence-electron chi connectivity index (χ1n) is 11.4. The van der Waals surface area contributed by atoms with E-state index in [1.807, 2.05) is 30.3 Å². The number of halogens is 2. The number of hydrogen-bond acceptors (Lipinski definition) is 3. The number of carbonyl (C=O) groups is 3. The fourth-order valence-corrected chi connectivity index (χ4v) is 4.32. The van der Waals surface area contributed by atoms with E-state index in [2.05, 4.69) is 15.6 Å². The molecular formula is C29H19ClFN3O4. The van der Waals surface area contributed by atoms with Crippen molar-refractivity contribution in [2.24, 2.45) is 0 Å². The number of fused-ring (bicyclic) bond motifs is 1. The zero-order valence-electron chi connectivity index (χ0n) is 19.6. The Balaban J connectivity index is 1.49. The second-order valence-electron chi connectivity index (χ2n) is 8.38. The molecule has 0 aliphatic heterocycles. The number of carboxylic acid groups (broad SMARTS) is 1. The standard InChI is InChI=1S/C29H19ClFN3O4/c30-18-11-13-22-19(15-18)25(16-6-2-1-3-7-16)26(32-22)28(36)33-23-12-10-17(14-20(23)29(37)38)27(35)34-24-9-5-4-8-21(24)31/h1-15,32H,(H,33,36)(H,34,35)(H,37,38). The Bertz CT molecular complexity index is 1720. The predicted molar refractivity (Wildman–Crippen MR) is 144 cm³/mol. The highest BCUT2D eigenvalue weighted by Crippen LogP contribution is 2.34. The van der Waals surface area contributed by atoms with Crippen LogP contribution in [0.15, 0.2) is 91.0 Å². The van der Waals surface area contributed by atoms with E-state index in [1.54, 1.807) is 24.3 Å². The number of rotatable bonds is 6. The first-order valence-corrected chi connectivity index (χ1v) is 11.8. The quantitative estimate of drug-likeness (QED) is 0.194. The number of hydrogen-bond donors (Lipinski definition) is 4. The average Bonchev–Trinajstić information content (AvgIpc) is 3.29. The molecule has 9 heteroatoms. The summed E-state index contributed by atoms with van der Waals surface area (Å²) in [5, 5.41) is 16.1. The van der Waals surface area contributed by atoms with E-state index in [9.17, 15) is 23.9 Å². The van der Waals surface area contributed by atoms with Gasteiger partial charge in [-0.05, 0) is 54.1 Å². The molecular weight excluding hydrogens is 509 g/mol. The fraction of sp³-hybridized carbons (Fsp3) is 0. The number of aromatic nitrogens is 1. The number of carboxylic acids is 1. The van der Waals surface area contributed by atoms with Crippen molar-refractivity contribution in [3.05, 3.63) is 119 Å². The van der Waals surface area contributed by atoms with E-state index < -0.39 is 23.6 Å². The highest BCUT2D eigenvalue weighted by molar-refractivity contribution is 6.31. The summed E-state index contributed by atoms with van der Waals surface area (Å²) < 4.78 is 13.9. The Morgan fingerprint density at radius 3 is 2.24 bits per heavy atom. The van der Waals surface area contributed by atoms with Crippen LogP contribution in [-0.4, -0.2) is 27.9 Å². The molecule has 5 aromatic rings. The van der Waals surface area contributed by atoms with Crippen molar-refractivity contribution in [3.63, 3.8) is 0 Å². The minimum Gasteiger partial charge on any atom is -0.478 e. The number of aromatic amines is 1. The topological polar surface area (TPSA) is 111 Å². The Labute approximate surface area is 220 Å². The van der Waals surface area contributed by atoms with Crippen LogP contribution in [0.4, 0.5) is 15.8 Å². The Kier molecular flexibility index (Phi) is 6.64. The molecule has 0 saturated carbocycles. The van der Waals surface area contributed by atoms with Crippen LogP contribution in [0.25, 0.3) is 22.0 Å². The molecule has 5 rings (SSSR count). The Morgan fingerprint density at radius 1 is 0.789 bits per heavy atom. The van der Waals surface area contributed by atoms with Crippen LogP contribution in [0, 0.1) is 5.82 Å². The highest BCUT2D eigenvalue weighted by atomic mass is 35.5. The summed E-state index contributed by atoms with van der Waals surface area (Å²) in [7, 11) is 0. The molecule has 2 amide bonds. The van der Waals surface area contributed by atoms with Crippen LogP contribution in [-0.2, 0) is 0 Å². The van der Waals surface area contributed by atoms with Gasteiger partial charge in [0.15, 0.2) is 0 Å². The third-order valence-electron chi connectivity index (χ3n) is 5.93. The lowest BCUT2D eigenvalue weighted by Crippen LogP contribution is -2.18. The number of amides is 2. The van der Waals surface area contributed by atoms with Gasteiger partial charge >= 0.3 is 5.97 Å². The lowest BCUT2D eigenvalue weighted by Gasteiger charge is -2.12. The molecule has 0 atom stereocenters. The van der Waals surface area contributed by atoms with Crippen molar-refractivity contribution in [2.75, 3.05) is 10.6 Å². The number of H-pyrrole nitrogens is 1. The lowest BCUT2D eigenvalue weighted by molar-refractivity contribution is 0.0698. The van der Waals surface area contributed by atoms with Crippen molar-refractivity contribution < 1.29 is 23.9 Å². The number of nitrogens with one attached hydrogen (secondary N) is 3. The third-order valence-corrected chi connectivity index (χ3v) is 6.17. The number of anilines is 2. The smallest absolute Gasteiger partial charge is 0.337 e. The molecule has 188 valence electrons. The van der Waals surface area contributed by atoms with Crippen molar-refractivity contribution in [2.45, 2.75) is 0 Å². The molecule has 0 aliphatic carbocycles. The second kappa shape index (κ2) is 10.2. The molecule has 1 aromatic heterocycles. The first-order chi connectivity index (χ1) is 18.3. The molecule has 38 heavy (non-hydrogen) atoms. The summed E-state index contributed by atoms with van der Waals surface area (Å²) in [6.45, 7) is 0. The van der Waals surface area contributed by atoms with Crippen LogP contribution >= 0.6 is 11.6 Å². The summed E-state index contributed by atoms with van der Waals surface area (Å²) in [4.78, 5) is 41.2. The molecule has 4 N–H and O–H groups in total. The molecule has 0 saturated heterocycles. The maximum absolute atomic E-state index is 13.9. The molecule has 7 nitrogen and oxygen atoms in total. The van der Waals surface area contributed by atoms with Crippen LogP contribution in [0.1, 0.15) is 31.2 Å². The van der Waals surface area contributed by atoms with Gasteiger partial charge in [0, 0.05) is 27.1 Å². The van der Waals surface area contributed by atoms with Crippen molar-refractivity contribution in [3.8, 4) is 11.1 Å². The van der Waals surface area contributed by atoms with E-state index in [-0.39, 0.29) is 28.2 Å². The predicted octanol–water partition coefficient (Wildman–Crippen LogP) is 6.83. The van der Waals surface area contributed by atoms with Gasteiger partial charge in [0.2, 0.25) is 0 Å². The van der Waals surface area contributed by atoms with E-state index in [0.717, 1.165) is 17.0 Å². The zero-order valence-corrected chi connectivity index (χ0v) is 20.3. The SMILES string of the molecule is O=C(Nc1ccccc1F)c1ccc(NC(=O)c2[nH]c3ccc(Cl)cc3c2-c2ccccc2)c(C(=O)O)c1. The Morgan fingerprint density at radius 2 is 1.50 bits per heavy atom. The second-order valence-corrected chi connectivity index (χ2v) is 8.82. The van der Waals surface area contributed by atoms with Crippen LogP contribution in [0.2, 0.25) is 5.02 Å². The molecule has 0 unspecified atom stereocenters. The summed E-state index contributed by atoms with van der Waals surface area (Å²) >= 11 is 6.22. The van der Waals surface area contributed by atoms with Gasteiger partial charge in [-0.15, -0.1) is 0 Å². The molecule has 0 fully saturated rings. The van der Waals surface area contributed by atoms with Gasteiger partial charge < -0.3 is 20.7 Å². The maximum atomic E-state index is 13.9. The van der Waals surface area contributed by atoms with E-state index in [0.29, 0.717) is 16.1 Å². The highest BCUT2D eigenvalue weighted by Gasteiger charge is 2.22. The number of benzene rings is 4. The van der Waals surface area contributed by atoms with Crippen molar-refractivity contribution in [1.82, 2.24) is 4.98 Å². The van der Waals surface area contributed by atoms with Gasteiger partial charge in [-0.3, -0.25) is 9.59 Å². The minimum atomic E-state index is -1.35. The van der Waals surface area contributed by atoms with Gasteiger partial charge in [0.25, 0.3) is 11.8 Å². The summed E-state index contributed by atoms with van der Waals surface area (Å²) in [5.41, 5.74) is 1.89. The number of carbonyl (C=O) groups excluding carboxylic acids is 2. The first kappa shape index (κ1) is 24.7. The van der Waals surface area contributed by atoms with Gasteiger partial charge in [0.1, 0.15) is 11.5 Å². The van der Waals surface area contributed by atoms with Gasteiger partial charge in [-0.2, -0.15) is 0 Å². The van der Waals surface area contributed by atoms with Gasteiger partial charge in [-0.1, -0.05) is 54.1 Å². The van der Waals surface area contributed by atoms with E-state index in [4.69, 9.17) is 11.6 Å². The number of para-hydroxylation sites is 1. The molecule has 0 aliphatic rings. The zero-order chi connectivity index (χ0) is 26.8. The molecule has 0 bridgehead atoms.